The molecule has 0 radical (unpaired) electrons. The van der Waals surface area contributed by atoms with Gasteiger partial charge in [-0.1, -0.05) is 34.1 Å². The van der Waals surface area contributed by atoms with E-state index in [2.05, 4.69) is 21.2 Å². The highest BCUT2D eigenvalue weighted by Crippen LogP contribution is 2.21. The maximum atomic E-state index is 13.6. The topological polar surface area (TPSA) is 29.1 Å². The molecule has 0 atom stereocenters. The van der Waals surface area contributed by atoms with E-state index in [1.807, 2.05) is 6.07 Å². The number of nitrogens with one attached hydrogen (secondary N) is 1. The number of carbonyl (C=O) groups excluding carboxylic acids is 1. The summed E-state index contributed by atoms with van der Waals surface area (Å²) >= 11 is 2.96. The summed E-state index contributed by atoms with van der Waals surface area (Å²) in [5.74, 6) is -2.62. The molecule has 0 heterocycles. The molecule has 1 amide bonds. The summed E-state index contributed by atoms with van der Waals surface area (Å²) in [5, 5.41) is 2.49. The van der Waals surface area contributed by atoms with E-state index in [1.165, 1.54) is 0 Å². The number of hydrogen-bond donors (Lipinski definition) is 1. The zero-order valence-electron chi connectivity index (χ0n) is 10.0. The molecule has 2 nitrogen and oxygen atoms in total. The number of amides is 1. The van der Waals surface area contributed by atoms with Crippen molar-refractivity contribution >= 4 is 27.5 Å². The van der Waals surface area contributed by atoms with Crippen molar-refractivity contribution in [1.82, 2.24) is 0 Å². The molecule has 0 fully saturated rings. The number of para-hydroxylation sites is 1. The first-order chi connectivity index (χ1) is 8.99. The molecule has 0 aromatic heterocycles. The number of carbonyl (C=O) groups is 1. The Balaban J connectivity index is 2.34. The van der Waals surface area contributed by atoms with Gasteiger partial charge in [-0.25, -0.2) is 8.78 Å². The lowest BCUT2D eigenvalue weighted by molar-refractivity contribution is 0.101. The summed E-state index contributed by atoms with van der Waals surface area (Å²) < 4.78 is 27.5. The first-order valence-electron chi connectivity index (χ1n) is 5.50. The Morgan fingerprint density at radius 1 is 1.16 bits per heavy atom. The van der Waals surface area contributed by atoms with E-state index in [0.29, 0.717) is 5.69 Å². The molecule has 0 bridgehead atoms. The maximum absolute atomic E-state index is 13.6. The molecule has 0 aliphatic rings. The van der Waals surface area contributed by atoms with E-state index >= 15 is 0 Å². The van der Waals surface area contributed by atoms with Crippen LogP contribution in [0.4, 0.5) is 14.5 Å². The van der Waals surface area contributed by atoms with Gasteiger partial charge in [-0.05, 0) is 30.7 Å². The molecule has 0 spiro atoms. The second-order valence-electron chi connectivity index (χ2n) is 4.01. The summed E-state index contributed by atoms with van der Waals surface area (Å²) in [7, 11) is 0. The highest BCUT2D eigenvalue weighted by atomic mass is 79.9. The number of halogens is 3. The fraction of sp³-hybridized carbons (Fsp3) is 0.0714. The van der Waals surface area contributed by atoms with Gasteiger partial charge >= 0.3 is 0 Å². The van der Waals surface area contributed by atoms with Gasteiger partial charge in [-0.15, -0.1) is 0 Å². The molecule has 0 aliphatic heterocycles. The normalized spacial score (nSPS) is 10.3. The molecule has 2 rings (SSSR count). The van der Waals surface area contributed by atoms with Gasteiger partial charge in [-0.2, -0.15) is 0 Å². The van der Waals surface area contributed by atoms with Crippen molar-refractivity contribution in [1.29, 1.82) is 0 Å². The summed E-state index contributed by atoms with van der Waals surface area (Å²) in [4.78, 5) is 11.9. The van der Waals surface area contributed by atoms with Gasteiger partial charge in [-0.3, -0.25) is 4.79 Å². The van der Waals surface area contributed by atoms with Crippen molar-refractivity contribution in [2.45, 2.75) is 6.92 Å². The van der Waals surface area contributed by atoms with Gasteiger partial charge in [0.05, 0.1) is 0 Å². The molecule has 0 saturated carbocycles. The molecule has 0 aliphatic carbocycles. The highest BCUT2D eigenvalue weighted by Gasteiger charge is 2.18. The van der Waals surface area contributed by atoms with Crippen LogP contribution in [0.2, 0.25) is 0 Å². The minimum atomic E-state index is -0.905. The quantitative estimate of drug-likeness (QED) is 0.876. The molecular weight excluding hydrogens is 316 g/mol. The lowest BCUT2D eigenvalue weighted by Gasteiger charge is -2.09. The smallest absolute Gasteiger partial charge is 0.261 e. The average molecular weight is 326 g/mol. The van der Waals surface area contributed by atoms with Crippen LogP contribution in [0.15, 0.2) is 40.9 Å². The lowest BCUT2D eigenvalue weighted by Crippen LogP contribution is -2.16. The number of hydrogen-bond acceptors (Lipinski definition) is 1. The van der Waals surface area contributed by atoms with Crippen LogP contribution >= 0.6 is 15.9 Å². The van der Waals surface area contributed by atoms with Crippen molar-refractivity contribution in [2.24, 2.45) is 0 Å². The molecule has 0 unspecified atom stereocenters. The van der Waals surface area contributed by atoms with Crippen LogP contribution in [0, 0.1) is 18.6 Å². The second-order valence-corrected chi connectivity index (χ2v) is 4.93. The van der Waals surface area contributed by atoms with Crippen molar-refractivity contribution in [3.8, 4) is 0 Å². The zero-order chi connectivity index (χ0) is 14.0. The Labute approximate surface area is 117 Å². The Bertz CT molecular complexity index is 620. The Kier molecular flexibility index (Phi) is 3.95. The van der Waals surface area contributed by atoms with Crippen LogP contribution in [0.3, 0.4) is 0 Å². The molecule has 2 aromatic carbocycles. The third-order valence-electron chi connectivity index (χ3n) is 2.63. The number of anilines is 1. The fourth-order valence-corrected chi connectivity index (χ4v) is 2.06. The van der Waals surface area contributed by atoms with Gasteiger partial charge in [0.15, 0.2) is 0 Å². The van der Waals surface area contributed by atoms with Gasteiger partial charge < -0.3 is 5.32 Å². The fourth-order valence-electron chi connectivity index (χ4n) is 1.66. The van der Waals surface area contributed by atoms with Crippen molar-refractivity contribution in [3.63, 3.8) is 0 Å². The predicted octanol–water partition coefficient (Wildman–Crippen LogP) is 4.29. The van der Waals surface area contributed by atoms with E-state index in [-0.39, 0.29) is 4.47 Å². The Morgan fingerprint density at radius 2 is 1.74 bits per heavy atom. The number of aryl methyl sites for hydroxylation is 1. The highest BCUT2D eigenvalue weighted by molar-refractivity contribution is 9.10. The monoisotopic (exact) mass is 325 g/mol. The van der Waals surface area contributed by atoms with Crippen LogP contribution < -0.4 is 5.32 Å². The second kappa shape index (κ2) is 5.48. The van der Waals surface area contributed by atoms with Crippen molar-refractivity contribution in [2.75, 3.05) is 5.32 Å². The van der Waals surface area contributed by atoms with Crippen molar-refractivity contribution in [3.05, 3.63) is 63.6 Å². The Hall–Kier alpha value is -1.75. The third kappa shape index (κ3) is 2.98. The minimum absolute atomic E-state index is 0.245. The molecule has 98 valence electrons. The molecule has 2 aromatic rings. The predicted molar refractivity (Wildman–Crippen MR) is 73.2 cm³/mol. The van der Waals surface area contributed by atoms with Gasteiger partial charge in [0, 0.05) is 10.2 Å². The van der Waals surface area contributed by atoms with Crippen LogP contribution in [0.25, 0.3) is 0 Å². The Morgan fingerprint density at radius 3 is 2.32 bits per heavy atom. The lowest BCUT2D eigenvalue weighted by atomic mass is 10.1. The molecular formula is C14H10BrF2NO. The van der Waals surface area contributed by atoms with Crippen LogP contribution in [0.5, 0.6) is 0 Å². The summed E-state index contributed by atoms with van der Waals surface area (Å²) in [6.45, 7) is 1.80. The molecule has 19 heavy (non-hydrogen) atoms. The largest absolute Gasteiger partial charge is 0.322 e. The zero-order valence-corrected chi connectivity index (χ0v) is 11.6. The number of rotatable bonds is 2. The first-order valence-corrected chi connectivity index (χ1v) is 6.30. The summed E-state index contributed by atoms with van der Waals surface area (Å²) in [6.07, 6.45) is 0. The molecule has 0 saturated heterocycles. The van der Waals surface area contributed by atoms with Gasteiger partial charge in [0.25, 0.3) is 5.91 Å². The molecule has 5 heteroatoms. The van der Waals surface area contributed by atoms with Crippen LogP contribution in [-0.4, -0.2) is 5.91 Å². The van der Waals surface area contributed by atoms with Gasteiger partial charge in [0.2, 0.25) is 0 Å². The van der Waals surface area contributed by atoms with Crippen molar-refractivity contribution < 1.29 is 13.6 Å². The van der Waals surface area contributed by atoms with E-state index in [9.17, 15) is 13.6 Å². The maximum Gasteiger partial charge on any atom is 0.261 e. The van der Waals surface area contributed by atoms with E-state index in [0.717, 1.165) is 17.7 Å². The first kappa shape index (κ1) is 13.7. The van der Waals surface area contributed by atoms with Crippen LogP contribution in [0.1, 0.15) is 15.9 Å². The molecule has 1 N–H and O–H groups in total. The SMILES string of the molecule is Cc1ccccc1NC(=O)c1c(F)cc(Br)cc1F. The van der Waals surface area contributed by atoms with Crippen LogP contribution in [-0.2, 0) is 0 Å². The minimum Gasteiger partial charge on any atom is -0.322 e. The van der Waals surface area contributed by atoms with Gasteiger partial charge in [0.1, 0.15) is 17.2 Å². The van der Waals surface area contributed by atoms with E-state index in [4.69, 9.17) is 0 Å². The van der Waals surface area contributed by atoms with E-state index < -0.39 is 23.1 Å². The van der Waals surface area contributed by atoms with E-state index in [1.54, 1.807) is 25.1 Å². The average Bonchev–Trinajstić information content (AvgIpc) is 2.30. The number of benzene rings is 2. The summed E-state index contributed by atoms with van der Waals surface area (Å²) in [6, 6.07) is 9.11. The third-order valence-corrected chi connectivity index (χ3v) is 3.09. The summed E-state index contributed by atoms with van der Waals surface area (Å²) in [5.41, 5.74) is 0.745. The standard InChI is InChI=1S/C14H10BrF2NO/c1-8-4-2-3-5-12(8)18-14(19)13-10(16)6-9(15)7-11(13)17/h2-7H,1H3,(H,18,19).